The number of hydrogen-bond donors (Lipinski definition) is 3. The van der Waals surface area contributed by atoms with E-state index in [-0.39, 0.29) is 6.04 Å². The number of aldehydes is 1. The summed E-state index contributed by atoms with van der Waals surface area (Å²) in [5.74, 6) is 0.290. The number of piperazine rings is 1. The van der Waals surface area contributed by atoms with Gasteiger partial charge in [0, 0.05) is 43.8 Å². The molecule has 6 rings (SSSR count). The molecule has 4 heterocycles. The van der Waals surface area contributed by atoms with Crippen LogP contribution in [0.4, 0.5) is 11.5 Å². The lowest BCUT2D eigenvalue weighted by molar-refractivity contribution is -0.154. The van der Waals surface area contributed by atoms with E-state index in [1.807, 2.05) is 12.1 Å². The molecule has 0 bridgehead atoms. The number of anilines is 2. The van der Waals surface area contributed by atoms with Crippen molar-refractivity contribution in [3.8, 4) is 5.75 Å². The van der Waals surface area contributed by atoms with Crippen molar-refractivity contribution in [3.05, 3.63) is 49.1 Å². The largest absolute Gasteiger partial charge is 0.491 e. The van der Waals surface area contributed by atoms with Crippen molar-refractivity contribution in [1.82, 2.24) is 24.8 Å². The summed E-state index contributed by atoms with van der Waals surface area (Å²) in [6.07, 6.45) is 5.55. The molecule has 0 saturated carbocycles. The topological polar surface area (TPSA) is 154 Å². The van der Waals surface area contributed by atoms with E-state index in [9.17, 15) is 14.7 Å². The molecule has 0 spiro atoms. The quantitative estimate of drug-likeness (QED) is 0.225. The number of ether oxygens (including phenoxy) is 1. The predicted octanol–water partition coefficient (Wildman–Crippen LogP) is 1.61. The molecule has 2 fully saturated rings. The number of aliphatic carboxylic acids is 1. The summed E-state index contributed by atoms with van der Waals surface area (Å²) in [5.41, 5.74) is 6.35. The Labute approximate surface area is 224 Å². The van der Waals surface area contributed by atoms with Crippen LogP contribution in [0.15, 0.2) is 49.1 Å². The molecule has 4 N–H and O–H groups in total. The van der Waals surface area contributed by atoms with Gasteiger partial charge in [-0.15, -0.1) is 0 Å². The van der Waals surface area contributed by atoms with Gasteiger partial charge in [0.25, 0.3) is 0 Å². The maximum absolute atomic E-state index is 11.6. The first-order valence-corrected chi connectivity index (χ1v) is 13.0. The van der Waals surface area contributed by atoms with Gasteiger partial charge in [-0.05, 0) is 36.4 Å². The minimum atomic E-state index is -2.00. The van der Waals surface area contributed by atoms with E-state index in [1.165, 1.54) is 4.90 Å². The highest BCUT2D eigenvalue weighted by Gasteiger charge is 2.42. The zero-order valence-electron chi connectivity index (χ0n) is 21.4. The van der Waals surface area contributed by atoms with Gasteiger partial charge < -0.3 is 24.6 Å². The molecule has 0 amide bonds. The molecule has 1 unspecified atom stereocenters. The number of carbonyl (C=O) groups is 2. The van der Waals surface area contributed by atoms with Gasteiger partial charge >= 0.3 is 5.97 Å². The lowest BCUT2D eigenvalue weighted by atomic mass is 10.1. The highest BCUT2D eigenvalue weighted by molar-refractivity contribution is 5.96. The summed E-state index contributed by atoms with van der Waals surface area (Å²) < 4.78 is 6.43. The minimum Gasteiger partial charge on any atom is -0.491 e. The van der Waals surface area contributed by atoms with Crippen LogP contribution in [-0.2, 0) is 9.59 Å². The average molecular weight is 531 g/mol. The highest BCUT2D eigenvalue weighted by atomic mass is 16.5. The first-order chi connectivity index (χ1) is 19.0. The fraction of sp³-hybridized carbons (Fsp3) is 0.370. The van der Waals surface area contributed by atoms with Crippen molar-refractivity contribution in [2.75, 3.05) is 49.1 Å². The third-order valence-corrected chi connectivity index (χ3v) is 7.79. The van der Waals surface area contributed by atoms with E-state index < -0.39 is 11.6 Å². The summed E-state index contributed by atoms with van der Waals surface area (Å²) in [6, 6.07) is 12.4. The van der Waals surface area contributed by atoms with Gasteiger partial charge in [0.05, 0.1) is 12.4 Å². The zero-order chi connectivity index (χ0) is 27.0. The Morgan fingerprint density at radius 1 is 1.15 bits per heavy atom. The third-order valence-electron chi connectivity index (χ3n) is 7.79. The summed E-state index contributed by atoms with van der Waals surface area (Å²) in [6.45, 7) is 3.22. The molecule has 202 valence electrons. The van der Waals surface area contributed by atoms with E-state index in [0.29, 0.717) is 39.1 Å². The van der Waals surface area contributed by atoms with Crippen molar-refractivity contribution >= 4 is 45.7 Å². The number of benzene rings is 2. The summed E-state index contributed by atoms with van der Waals surface area (Å²) in [5, 5.41) is 11.5. The average Bonchev–Trinajstić information content (AvgIpc) is 3.65. The zero-order valence-corrected chi connectivity index (χ0v) is 21.4. The van der Waals surface area contributed by atoms with Gasteiger partial charge in [0.2, 0.25) is 5.66 Å². The van der Waals surface area contributed by atoms with Gasteiger partial charge in [0.15, 0.2) is 17.8 Å². The minimum absolute atomic E-state index is 0.162. The SMILES string of the molecule is NC(C=O)(C(=O)O)N1CCN(c2ccc3cccc(OC[C@H]4CCCN4c4ncnc5[nH]cnc45)c3c2)CC1. The van der Waals surface area contributed by atoms with Crippen LogP contribution < -0.4 is 20.3 Å². The van der Waals surface area contributed by atoms with Crippen molar-refractivity contribution in [1.29, 1.82) is 0 Å². The second kappa shape index (κ2) is 10.1. The number of carboxylic acid groups (broad SMARTS) is 1. The summed E-state index contributed by atoms with van der Waals surface area (Å²) in [4.78, 5) is 45.2. The van der Waals surface area contributed by atoms with E-state index in [1.54, 1.807) is 12.7 Å². The number of H-pyrrole nitrogens is 1. The Hall–Kier alpha value is -4.29. The Balaban J connectivity index is 1.18. The van der Waals surface area contributed by atoms with Gasteiger partial charge in [-0.2, -0.15) is 0 Å². The van der Waals surface area contributed by atoms with Gasteiger partial charge in [-0.25, -0.2) is 19.7 Å². The lowest BCUT2D eigenvalue weighted by Gasteiger charge is -2.41. The second-order valence-corrected chi connectivity index (χ2v) is 9.98. The van der Waals surface area contributed by atoms with Crippen LogP contribution in [-0.4, -0.2) is 93.2 Å². The monoisotopic (exact) mass is 530 g/mol. The number of aromatic amines is 1. The number of fused-ring (bicyclic) bond motifs is 2. The molecule has 12 heteroatoms. The molecule has 2 aliphatic heterocycles. The van der Waals surface area contributed by atoms with Gasteiger partial charge in [-0.1, -0.05) is 18.2 Å². The van der Waals surface area contributed by atoms with Crippen molar-refractivity contribution in [2.45, 2.75) is 24.5 Å². The van der Waals surface area contributed by atoms with Crippen LogP contribution in [0.3, 0.4) is 0 Å². The number of imidazole rings is 1. The maximum Gasteiger partial charge on any atom is 0.346 e. The number of nitrogens with one attached hydrogen (secondary N) is 1. The number of hydrogen-bond acceptors (Lipinski definition) is 10. The van der Waals surface area contributed by atoms with Crippen LogP contribution in [0, 0.1) is 0 Å². The predicted molar refractivity (Wildman–Crippen MR) is 146 cm³/mol. The van der Waals surface area contributed by atoms with Crippen LogP contribution >= 0.6 is 0 Å². The molecular formula is C27H30N8O4. The molecule has 4 aromatic rings. The maximum atomic E-state index is 11.6. The molecule has 0 radical (unpaired) electrons. The fourth-order valence-electron chi connectivity index (χ4n) is 5.59. The Morgan fingerprint density at radius 2 is 2.00 bits per heavy atom. The van der Waals surface area contributed by atoms with E-state index in [2.05, 4.69) is 54.0 Å². The van der Waals surface area contributed by atoms with Crippen molar-refractivity contribution in [2.24, 2.45) is 5.73 Å². The Morgan fingerprint density at radius 3 is 2.79 bits per heavy atom. The Bertz CT molecular complexity index is 1520. The van der Waals surface area contributed by atoms with Crippen LogP contribution in [0.2, 0.25) is 0 Å². The van der Waals surface area contributed by atoms with Crippen LogP contribution in [0.5, 0.6) is 5.75 Å². The molecule has 2 aliphatic rings. The number of aromatic nitrogens is 4. The summed E-state index contributed by atoms with van der Waals surface area (Å²) >= 11 is 0. The molecule has 39 heavy (non-hydrogen) atoms. The molecule has 2 atom stereocenters. The number of carbonyl (C=O) groups excluding carboxylic acids is 1. The fourth-order valence-corrected chi connectivity index (χ4v) is 5.59. The van der Waals surface area contributed by atoms with Gasteiger partial charge in [0.1, 0.15) is 24.2 Å². The normalized spacial score (nSPS) is 19.9. The number of carboxylic acids is 1. The van der Waals surface area contributed by atoms with Gasteiger partial charge in [-0.3, -0.25) is 15.4 Å². The first kappa shape index (κ1) is 25.0. The molecular weight excluding hydrogens is 500 g/mol. The number of rotatable bonds is 8. The first-order valence-electron chi connectivity index (χ1n) is 13.0. The third kappa shape index (κ3) is 4.51. The van der Waals surface area contributed by atoms with E-state index in [4.69, 9.17) is 10.5 Å². The van der Waals surface area contributed by atoms with E-state index >= 15 is 0 Å². The molecule has 2 saturated heterocycles. The molecule has 2 aromatic heterocycles. The van der Waals surface area contributed by atoms with E-state index in [0.717, 1.165) is 58.6 Å². The molecule has 0 aliphatic carbocycles. The van der Waals surface area contributed by atoms with Crippen molar-refractivity contribution < 1.29 is 19.4 Å². The lowest BCUT2D eigenvalue weighted by Crippen LogP contribution is -2.67. The van der Waals surface area contributed by atoms with Crippen molar-refractivity contribution in [3.63, 3.8) is 0 Å². The molecule has 12 nitrogen and oxygen atoms in total. The van der Waals surface area contributed by atoms with Crippen LogP contribution in [0.1, 0.15) is 12.8 Å². The number of nitrogens with zero attached hydrogens (tertiary/aromatic N) is 6. The second-order valence-electron chi connectivity index (χ2n) is 9.98. The smallest absolute Gasteiger partial charge is 0.346 e. The standard InChI is InChI=1S/C27H30N8O4/c28-27(15-36,26(37)38)34-11-9-33(10-12-34)19-7-6-18-3-1-5-22(21(18)13-19)39-14-20-4-2-8-35(20)25-23-24(30-16-29-23)31-17-32-25/h1,3,5-7,13,15-17,20H,2,4,8-12,14,28H2,(H,37,38)(H,29,30,31,32)/t20-,27?/m1/s1. The molecule has 2 aromatic carbocycles. The highest BCUT2D eigenvalue weighted by Crippen LogP contribution is 2.33. The number of nitrogens with two attached hydrogens (primary N) is 1. The van der Waals surface area contributed by atoms with Crippen LogP contribution in [0.25, 0.3) is 21.9 Å². The summed E-state index contributed by atoms with van der Waals surface area (Å²) in [7, 11) is 0. The Kier molecular flexibility index (Phi) is 6.49.